The molecular formula is C12H15BrN2O. The van der Waals surface area contributed by atoms with E-state index in [0.717, 1.165) is 29.5 Å². The maximum absolute atomic E-state index is 12.1. The molecule has 1 unspecified atom stereocenters. The average molecular weight is 283 g/mol. The summed E-state index contributed by atoms with van der Waals surface area (Å²) in [6.45, 7) is 1.90. The molecule has 1 N–H and O–H groups in total. The molecule has 1 atom stereocenters. The minimum atomic E-state index is 0.0983. The third-order valence-electron chi connectivity index (χ3n) is 2.99. The van der Waals surface area contributed by atoms with Crippen LogP contribution in [0.5, 0.6) is 0 Å². The van der Waals surface area contributed by atoms with Crippen LogP contribution in [0.15, 0.2) is 28.7 Å². The number of hydrogen-bond donors (Lipinski definition) is 1. The number of rotatable bonds is 2. The van der Waals surface area contributed by atoms with Crippen molar-refractivity contribution in [1.82, 2.24) is 10.2 Å². The Hall–Kier alpha value is -0.870. The Kier molecular flexibility index (Phi) is 3.61. The fourth-order valence-electron chi connectivity index (χ4n) is 1.93. The Bertz CT molecular complexity index is 371. The van der Waals surface area contributed by atoms with Crippen molar-refractivity contribution in [3.05, 3.63) is 34.3 Å². The van der Waals surface area contributed by atoms with Gasteiger partial charge in [0.25, 0.3) is 5.91 Å². The molecule has 0 spiro atoms. The summed E-state index contributed by atoms with van der Waals surface area (Å²) < 4.78 is 0.995. The SMILES string of the molecule is CN(C(=O)c1ccc(Br)cc1)C1CCNC1. The van der Waals surface area contributed by atoms with Crippen LogP contribution in [-0.4, -0.2) is 37.0 Å². The highest BCUT2D eigenvalue weighted by Crippen LogP contribution is 2.14. The highest BCUT2D eigenvalue weighted by Gasteiger charge is 2.23. The lowest BCUT2D eigenvalue weighted by atomic mass is 10.1. The van der Waals surface area contributed by atoms with Gasteiger partial charge in [-0.15, -0.1) is 0 Å². The zero-order valence-electron chi connectivity index (χ0n) is 9.24. The van der Waals surface area contributed by atoms with Crippen LogP contribution in [0, 0.1) is 0 Å². The van der Waals surface area contributed by atoms with Crippen LogP contribution in [0.1, 0.15) is 16.8 Å². The fourth-order valence-corrected chi connectivity index (χ4v) is 2.20. The third-order valence-corrected chi connectivity index (χ3v) is 3.52. The molecule has 86 valence electrons. The second-order valence-corrected chi connectivity index (χ2v) is 4.99. The number of amides is 1. The average Bonchev–Trinajstić information content (AvgIpc) is 2.81. The summed E-state index contributed by atoms with van der Waals surface area (Å²) in [5.74, 6) is 0.0983. The zero-order valence-corrected chi connectivity index (χ0v) is 10.8. The molecule has 1 aromatic rings. The van der Waals surface area contributed by atoms with Gasteiger partial charge in [0.05, 0.1) is 0 Å². The molecule has 4 heteroatoms. The predicted molar refractivity (Wildman–Crippen MR) is 67.5 cm³/mol. The second kappa shape index (κ2) is 4.97. The Morgan fingerprint density at radius 1 is 1.44 bits per heavy atom. The lowest BCUT2D eigenvalue weighted by molar-refractivity contribution is 0.0744. The highest BCUT2D eigenvalue weighted by molar-refractivity contribution is 9.10. The lowest BCUT2D eigenvalue weighted by Gasteiger charge is -2.23. The normalized spacial score (nSPS) is 19.8. The van der Waals surface area contributed by atoms with Crippen molar-refractivity contribution in [2.24, 2.45) is 0 Å². The molecule has 1 aliphatic heterocycles. The van der Waals surface area contributed by atoms with Crippen molar-refractivity contribution < 1.29 is 4.79 Å². The van der Waals surface area contributed by atoms with Gasteiger partial charge in [-0.25, -0.2) is 0 Å². The van der Waals surface area contributed by atoms with Gasteiger partial charge in [0.2, 0.25) is 0 Å². The van der Waals surface area contributed by atoms with E-state index in [1.54, 1.807) is 0 Å². The Labute approximate surface area is 104 Å². The van der Waals surface area contributed by atoms with Gasteiger partial charge in [-0.1, -0.05) is 15.9 Å². The van der Waals surface area contributed by atoms with Gasteiger partial charge in [0.15, 0.2) is 0 Å². The van der Waals surface area contributed by atoms with Crippen molar-refractivity contribution in [3.8, 4) is 0 Å². The molecule has 1 aromatic carbocycles. The summed E-state index contributed by atoms with van der Waals surface area (Å²) in [5.41, 5.74) is 0.748. The molecule has 0 aromatic heterocycles. The quantitative estimate of drug-likeness (QED) is 0.899. The molecular weight excluding hydrogens is 268 g/mol. The van der Waals surface area contributed by atoms with E-state index in [4.69, 9.17) is 0 Å². The number of halogens is 1. The molecule has 1 amide bonds. The summed E-state index contributed by atoms with van der Waals surface area (Å²) in [6.07, 6.45) is 1.04. The summed E-state index contributed by atoms with van der Waals surface area (Å²) in [7, 11) is 1.88. The number of nitrogens with one attached hydrogen (secondary N) is 1. The van der Waals surface area contributed by atoms with E-state index in [-0.39, 0.29) is 5.91 Å². The first-order chi connectivity index (χ1) is 7.68. The zero-order chi connectivity index (χ0) is 11.5. The number of carbonyl (C=O) groups excluding carboxylic acids is 1. The minimum absolute atomic E-state index is 0.0983. The fraction of sp³-hybridized carbons (Fsp3) is 0.417. The molecule has 0 radical (unpaired) electrons. The monoisotopic (exact) mass is 282 g/mol. The topological polar surface area (TPSA) is 32.3 Å². The minimum Gasteiger partial charge on any atom is -0.337 e. The highest BCUT2D eigenvalue weighted by atomic mass is 79.9. The van der Waals surface area contributed by atoms with Gasteiger partial charge >= 0.3 is 0 Å². The maximum Gasteiger partial charge on any atom is 0.253 e. The van der Waals surface area contributed by atoms with Gasteiger partial charge in [0.1, 0.15) is 0 Å². The van der Waals surface area contributed by atoms with Crippen LogP contribution in [0.25, 0.3) is 0 Å². The van der Waals surface area contributed by atoms with Gasteiger partial charge in [-0.2, -0.15) is 0 Å². The van der Waals surface area contributed by atoms with Crippen LogP contribution < -0.4 is 5.32 Å². The van der Waals surface area contributed by atoms with Gasteiger partial charge < -0.3 is 10.2 Å². The Balaban J connectivity index is 2.08. The molecule has 0 bridgehead atoms. The molecule has 16 heavy (non-hydrogen) atoms. The molecule has 1 aliphatic rings. The van der Waals surface area contributed by atoms with Crippen molar-refractivity contribution in [3.63, 3.8) is 0 Å². The third kappa shape index (κ3) is 2.44. The Morgan fingerprint density at radius 3 is 2.69 bits per heavy atom. The van der Waals surface area contributed by atoms with Gasteiger partial charge in [0, 0.05) is 29.7 Å². The standard InChI is InChI=1S/C12H15BrN2O/c1-15(11-6-7-14-8-11)12(16)9-2-4-10(13)5-3-9/h2-5,11,14H,6-8H2,1H3. The number of nitrogens with zero attached hydrogens (tertiary/aromatic N) is 1. The summed E-state index contributed by atoms with van der Waals surface area (Å²) >= 11 is 3.36. The van der Waals surface area contributed by atoms with Crippen molar-refractivity contribution in [2.45, 2.75) is 12.5 Å². The number of carbonyl (C=O) groups is 1. The largest absolute Gasteiger partial charge is 0.337 e. The first kappa shape index (κ1) is 11.6. The first-order valence-corrected chi connectivity index (χ1v) is 6.21. The van der Waals surface area contributed by atoms with Gasteiger partial charge in [-0.05, 0) is 37.2 Å². The number of likely N-dealkylation sites (N-methyl/N-ethyl adjacent to an activating group) is 1. The van der Waals surface area contributed by atoms with E-state index >= 15 is 0 Å². The second-order valence-electron chi connectivity index (χ2n) is 4.07. The van der Waals surface area contributed by atoms with Gasteiger partial charge in [-0.3, -0.25) is 4.79 Å². The van der Waals surface area contributed by atoms with Crippen LogP contribution >= 0.6 is 15.9 Å². The number of benzene rings is 1. The van der Waals surface area contributed by atoms with Crippen LogP contribution in [0.3, 0.4) is 0 Å². The summed E-state index contributed by atoms with van der Waals surface area (Å²) in [4.78, 5) is 14.0. The lowest BCUT2D eigenvalue weighted by Crippen LogP contribution is -2.38. The van der Waals surface area contributed by atoms with E-state index in [1.165, 1.54) is 0 Å². The van der Waals surface area contributed by atoms with E-state index in [1.807, 2.05) is 36.2 Å². The van der Waals surface area contributed by atoms with Crippen molar-refractivity contribution in [2.75, 3.05) is 20.1 Å². The molecule has 2 rings (SSSR count). The molecule has 0 saturated carbocycles. The van der Waals surface area contributed by atoms with Crippen LogP contribution in [-0.2, 0) is 0 Å². The predicted octanol–water partition coefficient (Wildman–Crippen LogP) is 1.88. The Morgan fingerprint density at radius 2 is 2.12 bits per heavy atom. The van der Waals surface area contributed by atoms with E-state index in [0.29, 0.717) is 6.04 Å². The smallest absolute Gasteiger partial charge is 0.253 e. The van der Waals surface area contributed by atoms with E-state index in [2.05, 4.69) is 21.2 Å². The molecule has 3 nitrogen and oxygen atoms in total. The summed E-state index contributed by atoms with van der Waals surface area (Å²) in [5, 5.41) is 3.27. The maximum atomic E-state index is 12.1. The first-order valence-electron chi connectivity index (χ1n) is 5.42. The molecule has 1 heterocycles. The number of hydrogen-bond acceptors (Lipinski definition) is 2. The molecule has 0 aliphatic carbocycles. The summed E-state index contributed by atoms with van der Waals surface area (Å²) in [6, 6.07) is 7.83. The van der Waals surface area contributed by atoms with Crippen molar-refractivity contribution in [1.29, 1.82) is 0 Å². The van der Waals surface area contributed by atoms with Crippen LogP contribution in [0.2, 0.25) is 0 Å². The van der Waals surface area contributed by atoms with Crippen LogP contribution in [0.4, 0.5) is 0 Å². The van der Waals surface area contributed by atoms with Crippen molar-refractivity contribution >= 4 is 21.8 Å². The molecule has 1 fully saturated rings. The molecule has 1 saturated heterocycles. The van der Waals surface area contributed by atoms with E-state index in [9.17, 15) is 4.79 Å². The van der Waals surface area contributed by atoms with E-state index < -0.39 is 0 Å².